The molecular weight excluding hydrogens is 386 g/mol. The van der Waals surface area contributed by atoms with E-state index in [1.165, 1.54) is 5.56 Å². The maximum absolute atomic E-state index is 12.8. The first-order valence-electron chi connectivity index (χ1n) is 10.5. The molecule has 0 radical (unpaired) electrons. The highest BCUT2D eigenvalue weighted by Gasteiger charge is 2.41. The van der Waals surface area contributed by atoms with Gasteiger partial charge in [-0.15, -0.1) is 6.58 Å². The Morgan fingerprint density at radius 1 is 1.06 bits per heavy atom. The van der Waals surface area contributed by atoms with E-state index in [2.05, 4.69) is 35.8 Å². The third-order valence-electron chi connectivity index (χ3n) is 5.84. The summed E-state index contributed by atoms with van der Waals surface area (Å²) in [7, 11) is 0. The minimum absolute atomic E-state index is 0.262. The quantitative estimate of drug-likeness (QED) is 0.542. The van der Waals surface area contributed by atoms with Gasteiger partial charge >= 0.3 is 6.09 Å². The van der Waals surface area contributed by atoms with Crippen molar-refractivity contribution in [3.05, 3.63) is 96.7 Å². The zero-order valence-electron chi connectivity index (χ0n) is 17.5. The number of aromatic nitrogens is 1. The number of hydrogen-bond donors (Lipinski definition) is 1. The van der Waals surface area contributed by atoms with E-state index in [-0.39, 0.29) is 6.09 Å². The van der Waals surface area contributed by atoms with Crippen molar-refractivity contribution in [2.75, 3.05) is 18.8 Å². The summed E-state index contributed by atoms with van der Waals surface area (Å²) in [5, 5.41) is 0. The Kier molecular flexibility index (Phi) is 6.03. The van der Waals surface area contributed by atoms with Crippen molar-refractivity contribution >= 4 is 11.9 Å². The topological polar surface area (TPSA) is 68.5 Å². The Morgan fingerprint density at radius 2 is 1.81 bits per heavy atom. The molecule has 3 aromatic rings. The van der Waals surface area contributed by atoms with Crippen LogP contribution < -0.4 is 5.73 Å². The second-order valence-electron chi connectivity index (χ2n) is 7.88. The first-order chi connectivity index (χ1) is 15.1. The molecule has 4 rings (SSSR count). The van der Waals surface area contributed by atoms with Crippen LogP contribution in [0.5, 0.6) is 0 Å². The molecule has 31 heavy (non-hydrogen) atoms. The molecule has 0 saturated carbocycles. The van der Waals surface area contributed by atoms with Crippen LogP contribution in [0.4, 0.5) is 10.6 Å². The molecule has 0 unspecified atom stereocenters. The number of hydrogen-bond acceptors (Lipinski definition) is 4. The number of nitrogens with zero attached hydrogens (tertiary/aromatic N) is 2. The average molecular weight is 414 g/mol. The molecule has 1 amide bonds. The van der Waals surface area contributed by atoms with Crippen LogP contribution >= 0.6 is 0 Å². The number of ether oxygens (including phenoxy) is 1. The number of carbonyl (C=O) groups excluding carboxylic acids is 1. The van der Waals surface area contributed by atoms with Crippen LogP contribution in [-0.4, -0.2) is 29.1 Å². The monoisotopic (exact) mass is 413 g/mol. The highest BCUT2D eigenvalue weighted by atomic mass is 16.6. The summed E-state index contributed by atoms with van der Waals surface area (Å²) in [5.74, 6) is 0.512. The standard InChI is InChI=1S/C26H27N3O2/c1-2-15-26(23-6-4-3-5-7-23)16-18-29(25(30)31-26)17-14-20-8-10-21(11-9-20)22-12-13-24(27)28-19-22/h2-13,19H,1,14-18H2,(H2,27,28)/t26-/m1/s1. The average Bonchev–Trinajstić information content (AvgIpc) is 2.80. The molecule has 0 aliphatic carbocycles. The summed E-state index contributed by atoms with van der Waals surface area (Å²) in [4.78, 5) is 18.7. The van der Waals surface area contributed by atoms with Crippen molar-refractivity contribution in [3.63, 3.8) is 0 Å². The Bertz CT molecular complexity index is 1030. The molecule has 1 saturated heterocycles. The fourth-order valence-electron chi connectivity index (χ4n) is 4.04. The minimum Gasteiger partial charge on any atom is -0.437 e. The van der Waals surface area contributed by atoms with Crippen LogP contribution in [0.2, 0.25) is 0 Å². The molecule has 158 valence electrons. The van der Waals surface area contributed by atoms with E-state index in [0.717, 1.165) is 29.5 Å². The summed E-state index contributed by atoms with van der Waals surface area (Å²) >= 11 is 0. The lowest BCUT2D eigenvalue weighted by Crippen LogP contribution is -2.48. The second-order valence-corrected chi connectivity index (χ2v) is 7.88. The molecule has 2 N–H and O–H groups in total. The van der Waals surface area contributed by atoms with Crippen LogP contribution in [0, 0.1) is 0 Å². The van der Waals surface area contributed by atoms with Gasteiger partial charge in [-0.25, -0.2) is 9.78 Å². The molecule has 1 atom stereocenters. The smallest absolute Gasteiger partial charge is 0.410 e. The number of amides is 1. The summed E-state index contributed by atoms with van der Waals surface area (Å²) in [6, 6.07) is 22.0. The molecule has 5 nitrogen and oxygen atoms in total. The number of nitrogen functional groups attached to an aromatic ring is 1. The molecule has 2 aromatic carbocycles. The molecule has 2 heterocycles. The molecule has 1 aliphatic heterocycles. The first-order valence-corrected chi connectivity index (χ1v) is 10.5. The van der Waals surface area contributed by atoms with Gasteiger partial charge in [0.05, 0.1) is 0 Å². The molecule has 5 heteroatoms. The lowest BCUT2D eigenvalue weighted by Gasteiger charge is -2.41. The number of rotatable bonds is 7. The number of nitrogens with two attached hydrogens (primary N) is 1. The van der Waals surface area contributed by atoms with Gasteiger partial charge in [0, 0.05) is 37.7 Å². The zero-order valence-corrected chi connectivity index (χ0v) is 17.5. The van der Waals surface area contributed by atoms with Gasteiger partial charge in [-0.05, 0) is 35.2 Å². The minimum atomic E-state index is -0.620. The largest absolute Gasteiger partial charge is 0.437 e. The van der Waals surface area contributed by atoms with Gasteiger partial charge in [-0.2, -0.15) is 0 Å². The number of anilines is 1. The zero-order chi connectivity index (χ0) is 21.7. The van der Waals surface area contributed by atoms with Gasteiger partial charge in [0.25, 0.3) is 0 Å². The van der Waals surface area contributed by atoms with Gasteiger partial charge in [0.1, 0.15) is 11.4 Å². The van der Waals surface area contributed by atoms with Crippen LogP contribution in [0.3, 0.4) is 0 Å². The Morgan fingerprint density at radius 3 is 2.45 bits per heavy atom. The SMILES string of the molecule is C=CC[C@]1(c2ccccc2)CCN(CCc2ccc(-c3ccc(N)nc3)cc2)C(=O)O1. The van der Waals surface area contributed by atoms with E-state index >= 15 is 0 Å². The van der Waals surface area contributed by atoms with Gasteiger partial charge in [-0.3, -0.25) is 0 Å². The van der Waals surface area contributed by atoms with Gasteiger partial charge < -0.3 is 15.4 Å². The molecule has 1 aromatic heterocycles. The Labute approximate surface area is 183 Å². The van der Waals surface area contributed by atoms with Gasteiger partial charge in [0.2, 0.25) is 0 Å². The normalized spacial score (nSPS) is 18.5. The first kappa shape index (κ1) is 20.7. The van der Waals surface area contributed by atoms with Crippen LogP contribution in [-0.2, 0) is 16.8 Å². The highest BCUT2D eigenvalue weighted by molar-refractivity contribution is 5.69. The summed E-state index contributed by atoms with van der Waals surface area (Å²) in [6.45, 7) is 5.15. The fraction of sp³-hybridized carbons (Fsp3) is 0.231. The van der Waals surface area contributed by atoms with Gasteiger partial charge in [0.15, 0.2) is 0 Å². The van der Waals surface area contributed by atoms with Crippen LogP contribution in [0.15, 0.2) is 85.6 Å². The summed E-state index contributed by atoms with van der Waals surface area (Å²) < 4.78 is 5.99. The van der Waals surface area contributed by atoms with E-state index < -0.39 is 5.60 Å². The predicted molar refractivity (Wildman–Crippen MR) is 123 cm³/mol. The van der Waals surface area contributed by atoms with Crippen molar-refractivity contribution < 1.29 is 9.53 Å². The van der Waals surface area contributed by atoms with Crippen molar-refractivity contribution in [3.8, 4) is 11.1 Å². The number of pyridine rings is 1. The van der Waals surface area contributed by atoms with E-state index in [4.69, 9.17) is 10.5 Å². The molecule has 1 aliphatic rings. The molecule has 0 bridgehead atoms. The summed E-state index contributed by atoms with van der Waals surface area (Å²) in [6.07, 6.45) is 5.47. The van der Waals surface area contributed by atoms with Crippen molar-refractivity contribution in [1.82, 2.24) is 9.88 Å². The van der Waals surface area contributed by atoms with E-state index in [9.17, 15) is 4.79 Å². The van der Waals surface area contributed by atoms with Crippen molar-refractivity contribution in [1.29, 1.82) is 0 Å². The Balaban J connectivity index is 1.38. The van der Waals surface area contributed by atoms with Crippen molar-refractivity contribution in [2.24, 2.45) is 0 Å². The Hall–Kier alpha value is -3.60. The lowest BCUT2D eigenvalue weighted by molar-refractivity contribution is -0.0507. The molecular formula is C26H27N3O2. The third-order valence-corrected chi connectivity index (χ3v) is 5.84. The summed E-state index contributed by atoms with van der Waals surface area (Å²) in [5.41, 5.74) is 9.35. The maximum atomic E-state index is 12.8. The van der Waals surface area contributed by atoms with Crippen LogP contribution in [0.25, 0.3) is 11.1 Å². The fourth-order valence-corrected chi connectivity index (χ4v) is 4.04. The highest BCUT2D eigenvalue weighted by Crippen LogP contribution is 2.37. The third kappa shape index (κ3) is 4.61. The van der Waals surface area contributed by atoms with Gasteiger partial charge in [-0.1, -0.05) is 60.7 Å². The molecule has 1 fully saturated rings. The second kappa shape index (κ2) is 9.04. The number of benzene rings is 2. The van der Waals surface area contributed by atoms with E-state index in [0.29, 0.717) is 25.3 Å². The number of carbonyl (C=O) groups is 1. The van der Waals surface area contributed by atoms with E-state index in [1.807, 2.05) is 42.5 Å². The van der Waals surface area contributed by atoms with E-state index in [1.54, 1.807) is 17.2 Å². The van der Waals surface area contributed by atoms with Crippen molar-refractivity contribution in [2.45, 2.75) is 24.9 Å². The molecule has 0 spiro atoms. The maximum Gasteiger partial charge on any atom is 0.410 e. The lowest BCUT2D eigenvalue weighted by atomic mass is 9.86. The predicted octanol–water partition coefficient (Wildman–Crippen LogP) is 5.19. The number of cyclic esters (lactones) is 1. The van der Waals surface area contributed by atoms with Crippen LogP contribution in [0.1, 0.15) is 24.0 Å².